The minimum atomic E-state index is -0.326. The van der Waals surface area contributed by atoms with E-state index in [9.17, 15) is 14.9 Å². The largest absolute Gasteiger partial charge is 0.328 e. The Balaban J connectivity index is 0.00000243. The van der Waals surface area contributed by atoms with Gasteiger partial charge < -0.3 is 10.6 Å². The number of piperidine rings is 1. The van der Waals surface area contributed by atoms with Crippen LogP contribution in [-0.2, 0) is 11.3 Å². The number of carbonyl (C=O) groups excluding carboxylic acids is 2. The number of nitriles is 1. The number of hydrogen-bond acceptors (Lipinski definition) is 5. The van der Waals surface area contributed by atoms with E-state index in [0.29, 0.717) is 18.7 Å². The summed E-state index contributed by atoms with van der Waals surface area (Å²) in [5, 5.41) is 9.31. The number of rotatable bonds is 3. The van der Waals surface area contributed by atoms with E-state index in [1.165, 1.54) is 7.05 Å². The Morgan fingerprint density at radius 1 is 1.31 bits per heavy atom. The standard InChI is InChI=1S/C18H23N5O2.ClH/c1-21-17(24)9-16(22-8-4-7-15(20)12-22)23(18(21)25)11-14-6-3-2-5-13(14)10-19;/h2-3,5-6,15-16H,4,7-9,11-12,20H2,1H3;1H/t15-,16?;/m1./s1. The smallest absolute Gasteiger partial charge is 0.327 e. The van der Waals surface area contributed by atoms with Gasteiger partial charge in [-0.3, -0.25) is 14.6 Å². The summed E-state index contributed by atoms with van der Waals surface area (Å²) in [7, 11) is 1.51. The molecule has 2 aliphatic heterocycles. The predicted octanol–water partition coefficient (Wildman–Crippen LogP) is 1.51. The fourth-order valence-electron chi connectivity index (χ4n) is 3.59. The summed E-state index contributed by atoms with van der Waals surface area (Å²) in [5.74, 6) is -0.182. The number of imide groups is 1. The molecule has 1 aromatic rings. The third kappa shape index (κ3) is 3.98. The molecule has 0 radical (unpaired) electrons. The molecule has 2 N–H and O–H groups in total. The van der Waals surface area contributed by atoms with Gasteiger partial charge in [0.25, 0.3) is 0 Å². The van der Waals surface area contributed by atoms with Crippen LogP contribution in [0.4, 0.5) is 4.79 Å². The van der Waals surface area contributed by atoms with Crippen molar-refractivity contribution in [1.82, 2.24) is 14.7 Å². The summed E-state index contributed by atoms with van der Waals surface area (Å²) in [4.78, 5) is 30.0. The van der Waals surface area contributed by atoms with Crippen LogP contribution in [0.3, 0.4) is 0 Å². The van der Waals surface area contributed by atoms with Crippen molar-refractivity contribution in [1.29, 1.82) is 5.26 Å². The third-order valence-electron chi connectivity index (χ3n) is 5.01. The molecule has 8 heteroatoms. The Morgan fingerprint density at radius 3 is 2.73 bits per heavy atom. The Hall–Kier alpha value is -2.14. The average molecular weight is 378 g/mol. The van der Waals surface area contributed by atoms with Crippen molar-refractivity contribution >= 4 is 24.3 Å². The van der Waals surface area contributed by atoms with Gasteiger partial charge in [0.1, 0.15) is 0 Å². The second-order valence-electron chi connectivity index (χ2n) is 6.71. The van der Waals surface area contributed by atoms with E-state index in [1.807, 2.05) is 12.1 Å². The number of benzene rings is 1. The Kier molecular flexibility index (Phi) is 6.59. The summed E-state index contributed by atoms with van der Waals surface area (Å²) >= 11 is 0. The molecule has 26 heavy (non-hydrogen) atoms. The maximum atomic E-state index is 12.8. The number of hydrogen-bond donors (Lipinski definition) is 1. The topological polar surface area (TPSA) is 93.7 Å². The fraction of sp³-hybridized carbons (Fsp3) is 0.500. The van der Waals surface area contributed by atoms with Gasteiger partial charge in [0, 0.05) is 26.2 Å². The molecule has 1 aromatic carbocycles. The van der Waals surface area contributed by atoms with E-state index in [4.69, 9.17) is 5.73 Å². The van der Waals surface area contributed by atoms with E-state index >= 15 is 0 Å². The summed E-state index contributed by atoms with van der Waals surface area (Å²) in [6.07, 6.45) is 1.86. The molecule has 1 unspecified atom stereocenters. The first-order valence-corrected chi connectivity index (χ1v) is 8.56. The molecule has 2 saturated heterocycles. The SMILES string of the molecule is CN1C(=O)CC(N2CCC[C@@H](N)C2)N(Cc2ccccc2C#N)C1=O.Cl. The number of urea groups is 1. The number of amides is 3. The molecule has 2 fully saturated rings. The van der Waals surface area contributed by atoms with Gasteiger partial charge in [-0.1, -0.05) is 18.2 Å². The lowest BCUT2D eigenvalue weighted by molar-refractivity contribution is -0.135. The number of nitrogens with two attached hydrogens (primary N) is 1. The van der Waals surface area contributed by atoms with Crippen molar-refractivity contribution in [2.45, 2.75) is 38.0 Å². The van der Waals surface area contributed by atoms with E-state index in [1.54, 1.807) is 17.0 Å². The lowest BCUT2D eigenvalue weighted by atomic mass is 10.0. The van der Waals surface area contributed by atoms with Gasteiger partial charge in [0.15, 0.2) is 0 Å². The molecule has 140 valence electrons. The second-order valence-corrected chi connectivity index (χ2v) is 6.71. The zero-order valence-electron chi connectivity index (χ0n) is 14.8. The van der Waals surface area contributed by atoms with Crippen LogP contribution in [0, 0.1) is 11.3 Å². The van der Waals surface area contributed by atoms with Crippen LogP contribution in [0.1, 0.15) is 30.4 Å². The number of nitrogens with zero attached hydrogens (tertiary/aromatic N) is 4. The maximum Gasteiger partial charge on any atom is 0.328 e. The Bertz CT molecular complexity index is 720. The minimum Gasteiger partial charge on any atom is -0.327 e. The second kappa shape index (κ2) is 8.49. The van der Waals surface area contributed by atoms with Crippen LogP contribution in [0.2, 0.25) is 0 Å². The van der Waals surface area contributed by atoms with Crippen molar-refractivity contribution in [2.24, 2.45) is 5.73 Å². The zero-order valence-corrected chi connectivity index (χ0v) is 15.6. The van der Waals surface area contributed by atoms with Crippen molar-refractivity contribution in [3.63, 3.8) is 0 Å². The molecule has 3 amide bonds. The maximum absolute atomic E-state index is 12.8. The predicted molar refractivity (Wildman–Crippen MR) is 99.3 cm³/mol. The van der Waals surface area contributed by atoms with Crippen molar-refractivity contribution in [2.75, 3.05) is 20.1 Å². The number of carbonyl (C=O) groups is 2. The highest BCUT2D eigenvalue weighted by atomic mass is 35.5. The van der Waals surface area contributed by atoms with E-state index < -0.39 is 0 Å². The summed E-state index contributed by atoms with van der Waals surface area (Å²) in [5.41, 5.74) is 7.42. The molecule has 0 aromatic heterocycles. The van der Waals surface area contributed by atoms with E-state index in [0.717, 1.165) is 29.8 Å². The van der Waals surface area contributed by atoms with Gasteiger partial charge in [0.05, 0.1) is 30.8 Å². The molecule has 2 atom stereocenters. The molecule has 2 aliphatic rings. The Labute approximate surface area is 159 Å². The molecule has 3 rings (SSSR count). The van der Waals surface area contributed by atoms with Gasteiger partial charge >= 0.3 is 6.03 Å². The van der Waals surface area contributed by atoms with Crippen LogP contribution < -0.4 is 5.73 Å². The van der Waals surface area contributed by atoms with E-state index in [-0.39, 0.29) is 43.0 Å². The third-order valence-corrected chi connectivity index (χ3v) is 5.01. The van der Waals surface area contributed by atoms with Gasteiger partial charge in [-0.25, -0.2) is 4.79 Å². The quantitative estimate of drug-likeness (QED) is 0.861. The molecule has 0 aliphatic carbocycles. The normalized spacial score (nSPS) is 24.2. The summed E-state index contributed by atoms with van der Waals surface area (Å²) in [6, 6.07) is 9.15. The lowest BCUT2D eigenvalue weighted by Gasteiger charge is -2.46. The van der Waals surface area contributed by atoms with Crippen LogP contribution in [0.5, 0.6) is 0 Å². The molecule has 0 spiro atoms. The fourth-order valence-corrected chi connectivity index (χ4v) is 3.59. The number of likely N-dealkylation sites (tertiary alicyclic amines) is 1. The molecule has 2 heterocycles. The van der Waals surface area contributed by atoms with Crippen molar-refractivity contribution in [3.8, 4) is 6.07 Å². The molecule has 0 saturated carbocycles. The van der Waals surface area contributed by atoms with Crippen LogP contribution in [0.15, 0.2) is 24.3 Å². The van der Waals surface area contributed by atoms with Gasteiger partial charge in [-0.2, -0.15) is 5.26 Å². The first-order valence-electron chi connectivity index (χ1n) is 8.56. The average Bonchev–Trinajstić information content (AvgIpc) is 2.62. The molecular formula is C18H24ClN5O2. The Morgan fingerprint density at radius 2 is 2.04 bits per heavy atom. The summed E-state index contributed by atoms with van der Waals surface area (Å²) < 4.78 is 0. The monoisotopic (exact) mass is 377 g/mol. The van der Waals surface area contributed by atoms with Gasteiger partial charge in [0.2, 0.25) is 5.91 Å². The molecule has 0 bridgehead atoms. The first kappa shape index (κ1) is 20.2. The van der Waals surface area contributed by atoms with Crippen LogP contribution in [0.25, 0.3) is 0 Å². The van der Waals surface area contributed by atoms with Gasteiger partial charge in [-0.15, -0.1) is 12.4 Å². The van der Waals surface area contributed by atoms with Crippen LogP contribution >= 0.6 is 12.4 Å². The van der Waals surface area contributed by atoms with Crippen molar-refractivity contribution < 1.29 is 9.59 Å². The molecular weight excluding hydrogens is 354 g/mol. The number of halogens is 1. The van der Waals surface area contributed by atoms with E-state index in [2.05, 4.69) is 11.0 Å². The highest BCUT2D eigenvalue weighted by Gasteiger charge is 2.40. The molecule has 7 nitrogen and oxygen atoms in total. The van der Waals surface area contributed by atoms with Crippen LogP contribution in [-0.4, -0.2) is 59.0 Å². The highest BCUT2D eigenvalue weighted by molar-refractivity contribution is 5.96. The minimum absolute atomic E-state index is 0. The summed E-state index contributed by atoms with van der Waals surface area (Å²) in [6.45, 7) is 1.79. The van der Waals surface area contributed by atoms with Gasteiger partial charge in [-0.05, 0) is 24.5 Å². The highest BCUT2D eigenvalue weighted by Crippen LogP contribution is 2.25. The zero-order chi connectivity index (χ0) is 18.0. The lowest BCUT2D eigenvalue weighted by Crippen LogP contribution is -2.63. The first-order chi connectivity index (χ1) is 12.0. The van der Waals surface area contributed by atoms with Crippen molar-refractivity contribution in [3.05, 3.63) is 35.4 Å².